The van der Waals surface area contributed by atoms with Crippen LogP contribution in [0, 0.1) is 0 Å². The lowest BCUT2D eigenvalue weighted by molar-refractivity contribution is -0.137. The minimum atomic E-state index is -0.958. The summed E-state index contributed by atoms with van der Waals surface area (Å²) in [7, 11) is 0. The lowest BCUT2D eigenvalue weighted by Gasteiger charge is -2.19. The predicted molar refractivity (Wildman–Crippen MR) is 92.2 cm³/mol. The highest BCUT2D eigenvalue weighted by molar-refractivity contribution is 9.10. The number of rotatable bonds is 3. The van der Waals surface area contributed by atoms with Gasteiger partial charge >= 0.3 is 12.1 Å². The van der Waals surface area contributed by atoms with Gasteiger partial charge in [0, 0.05) is 16.1 Å². The second kappa shape index (κ2) is 6.76. The van der Waals surface area contributed by atoms with E-state index in [0.717, 1.165) is 4.47 Å². The summed E-state index contributed by atoms with van der Waals surface area (Å²) in [5, 5.41) is 0.466. The third-order valence-corrected chi connectivity index (χ3v) is 3.56. The Kier molecular flexibility index (Phi) is 5.13. The van der Waals surface area contributed by atoms with Crippen LogP contribution in [0.3, 0.4) is 0 Å². The second-order valence-corrected chi connectivity index (χ2v) is 7.02. The monoisotopic (exact) mass is 395 g/mol. The van der Waals surface area contributed by atoms with Crippen molar-refractivity contribution in [2.75, 3.05) is 6.61 Å². The summed E-state index contributed by atoms with van der Waals surface area (Å²) >= 11 is 3.33. The molecule has 2 aromatic rings. The summed E-state index contributed by atoms with van der Waals surface area (Å²) in [6, 6.07) is 5.08. The maximum Gasteiger partial charge on any atom is 0.419 e. The molecule has 0 spiro atoms. The van der Waals surface area contributed by atoms with Crippen LogP contribution in [0.25, 0.3) is 10.9 Å². The molecule has 0 fully saturated rings. The molecule has 1 aromatic carbocycles. The predicted octanol–water partition coefficient (Wildman–Crippen LogP) is 3.93. The first-order valence-corrected chi connectivity index (χ1v) is 8.18. The maximum atomic E-state index is 12.4. The fraction of sp³-hybridized carbons (Fsp3) is 0.353. The molecule has 24 heavy (non-hydrogen) atoms. The van der Waals surface area contributed by atoms with E-state index in [1.54, 1.807) is 45.9 Å². The highest BCUT2D eigenvalue weighted by Crippen LogP contribution is 2.27. The van der Waals surface area contributed by atoms with E-state index in [2.05, 4.69) is 15.9 Å². The lowest BCUT2D eigenvalue weighted by Crippen LogP contribution is -2.26. The number of benzene rings is 1. The highest BCUT2D eigenvalue weighted by Gasteiger charge is 2.26. The molecule has 6 nitrogen and oxygen atoms in total. The third kappa shape index (κ3) is 3.84. The minimum Gasteiger partial charge on any atom is -0.460 e. The van der Waals surface area contributed by atoms with E-state index in [9.17, 15) is 14.4 Å². The molecule has 0 radical (unpaired) electrons. The molecule has 0 atom stereocenters. The van der Waals surface area contributed by atoms with Gasteiger partial charge in [0.05, 0.1) is 17.7 Å². The molecular formula is C17H18BrNO5. The van der Waals surface area contributed by atoms with E-state index in [4.69, 9.17) is 9.47 Å². The van der Waals surface area contributed by atoms with E-state index < -0.39 is 23.4 Å². The topological polar surface area (TPSA) is 74.6 Å². The molecular weight excluding hydrogens is 378 g/mol. The molecule has 0 aliphatic carbocycles. The van der Waals surface area contributed by atoms with Crippen molar-refractivity contribution >= 4 is 44.7 Å². The van der Waals surface area contributed by atoms with Gasteiger partial charge in [-0.2, -0.15) is 0 Å². The van der Waals surface area contributed by atoms with Crippen LogP contribution in [0.1, 0.15) is 38.1 Å². The Morgan fingerprint density at radius 1 is 1.21 bits per heavy atom. The Labute approximate surface area is 147 Å². The van der Waals surface area contributed by atoms with Gasteiger partial charge in [-0.1, -0.05) is 15.9 Å². The zero-order valence-corrected chi connectivity index (χ0v) is 15.5. The largest absolute Gasteiger partial charge is 0.460 e. The number of Topliss-reactive ketones (excluding diaryl/α,β-unsaturated/α-hetero) is 1. The summed E-state index contributed by atoms with van der Waals surface area (Å²) < 4.78 is 12.0. The van der Waals surface area contributed by atoms with Gasteiger partial charge in [-0.05, 0) is 45.9 Å². The quantitative estimate of drug-likeness (QED) is 0.447. The Morgan fingerprint density at radius 2 is 1.88 bits per heavy atom. The number of aromatic nitrogens is 1. The minimum absolute atomic E-state index is 0.0932. The van der Waals surface area contributed by atoms with E-state index in [1.165, 1.54) is 10.8 Å². The molecule has 0 unspecified atom stereocenters. The Bertz CT molecular complexity index is 816. The summed E-state index contributed by atoms with van der Waals surface area (Å²) in [5.74, 6) is -1.76. The normalized spacial score (nSPS) is 11.4. The number of ether oxygens (including phenoxy) is 2. The zero-order chi connectivity index (χ0) is 18.1. The van der Waals surface area contributed by atoms with Gasteiger partial charge < -0.3 is 9.47 Å². The summed E-state index contributed by atoms with van der Waals surface area (Å²) in [6.45, 7) is 6.96. The molecule has 0 saturated carbocycles. The van der Waals surface area contributed by atoms with Crippen molar-refractivity contribution in [1.82, 2.24) is 4.57 Å². The summed E-state index contributed by atoms with van der Waals surface area (Å²) in [6.07, 6.45) is 0.683. The van der Waals surface area contributed by atoms with Crippen LogP contribution in [0.5, 0.6) is 0 Å². The molecule has 1 heterocycles. The number of hydrogen-bond donors (Lipinski definition) is 0. The molecule has 7 heteroatoms. The van der Waals surface area contributed by atoms with E-state index in [1.807, 2.05) is 0 Å². The van der Waals surface area contributed by atoms with Crippen LogP contribution in [0.2, 0.25) is 0 Å². The first-order chi connectivity index (χ1) is 11.1. The van der Waals surface area contributed by atoms with Crippen LogP contribution >= 0.6 is 15.9 Å². The van der Waals surface area contributed by atoms with Gasteiger partial charge in [0.15, 0.2) is 0 Å². The molecule has 1 aromatic heterocycles. The van der Waals surface area contributed by atoms with Gasteiger partial charge in [-0.3, -0.25) is 9.36 Å². The molecule has 0 aliphatic rings. The average Bonchev–Trinajstić information content (AvgIpc) is 2.83. The van der Waals surface area contributed by atoms with Crippen molar-refractivity contribution in [2.24, 2.45) is 0 Å². The van der Waals surface area contributed by atoms with Gasteiger partial charge in [-0.15, -0.1) is 0 Å². The number of ketones is 1. The maximum absolute atomic E-state index is 12.4. The van der Waals surface area contributed by atoms with Crippen LogP contribution < -0.4 is 0 Å². The number of carbonyl (C=O) groups excluding carboxylic acids is 3. The number of hydrogen-bond acceptors (Lipinski definition) is 5. The van der Waals surface area contributed by atoms with E-state index >= 15 is 0 Å². The van der Waals surface area contributed by atoms with Crippen molar-refractivity contribution in [3.05, 3.63) is 34.4 Å². The molecule has 0 saturated heterocycles. The first-order valence-electron chi connectivity index (χ1n) is 7.39. The highest BCUT2D eigenvalue weighted by atomic mass is 79.9. The van der Waals surface area contributed by atoms with Gasteiger partial charge in [-0.25, -0.2) is 9.59 Å². The third-order valence-electron chi connectivity index (χ3n) is 3.06. The van der Waals surface area contributed by atoms with Crippen molar-refractivity contribution in [3.63, 3.8) is 0 Å². The van der Waals surface area contributed by atoms with E-state index in [0.29, 0.717) is 10.9 Å². The van der Waals surface area contributed by atoms with Gasteiger partial charge in [0.25, 0.3) is 5.78 Å². The average molecular weight is 396 g/mol. The van der Waals surface area contributed by atoms with Crippen molar-refractivity contribution in [2.45, 2.75) is 33.3 Å². The van der Waals surface area contributed by atoms with Crippen molar-refractivity contribution < 1.29 is 23.9 Å². The van der Waals surface area contributed by atoms with E-state index in [-0.39, 0.29) is 12.2 Å². The van der Waals surface area contributed by atoms with Crippen LogP contribution in [-0.4, -0.2) is 34.6 Å². The zero-order valence-electron chi connectivity index (χ0n) is 13.9. The lowest BCUT2D eigenvalue weighted by atomic mass is 10.1. The number of nitrogens with zero attached hydrogens (tertiary/aromatic N) is 1. The number of carbonyl (C=O) groups is 3. The summed E-state index contributed by atoms with van der Waals surface area (Å²) in [4.78, 5) is 36.5. The fourth-order valence-corrected chi connectivity index (χ4v) is 2.51. The first kappa shape index (κ1) is 18.2. The van der Waals surface area contributed by atoms with Crippen LogP contribution in [0.15, 0.2) is 28.9 Å². The van der Waals surface area contributed by atoms with Crippen molar-refractivity contribution in [1.29, 1.82) is 0 Å². The smallest absolute Gasteiger partial charge is 0.419 e. The van der Waals surface area contributed by atoms with Crippen LogP contribution in [0.4, 0.5) is 4.79 Å². The summed E-state index contributed by atoms with van der Waals surface area (Å²) in [5.41, 5.74) is -0.121. The molecule has 0 N–H and O–H groups in total. The molecule has 0 bridgehead atoms. The van der Waals surface area contributed by atoms with Gasteiger partial charge in [0.2, 0.25) is 0 Å². The number of fused-ring (bicyclic) bond motifs is 1. The Morgan fingerprint density at radius 3 is 2.46 bits per heavy atom. The van der Waals surface area contributed by atoms with Gasteiger partial charge in [0.1, 0.15) is 5.60 Å². The molecule has 0 amide bonds. The van der Waals surface area contributed by atoms with Crippen LogP contribution in [-0.2, 0) is 14.3 Å². The number of halogens is 1. The molecule has 128 valence electrons. The Balaban J connectivity index is 2.57. The standard InChI is InChI=1S/C17H18BrNO5/c1-5-23-15(21)14(20)12-9-19(16(22)24-17(2,3)4)13-7-6-10(18)8-11(12)13/h6-9H,5H2,1-4H3. The second-order valence-electron chi connectivity index (χ2n) is 6.10. The molecule has 0 aliphatic heterocycles. The fourth-order valence-electron chi connectivity index (χ4n) is 2.15. The SMILES string of the molecule is CCOC(=O)C(=O)c1cn(C(=O)OC(C)(C)C)c2ccc(Br)cc12. The Hall–Kier alpha value is -2.15. The number of esters is 1. The molecule has 2 rings (SSSR count). The van der Waals surface area contributed by atoms with Crippen molar-refractivity contribution in [3.8, 4) is 0 Å².